The number of hydrogen-bond acceptors (Lipinski definition) is 1. The number of rotatable bonds is 1. The van der Waals surface area contributed by atoms with E-state index in [0.717, 1.165) is 11.1 Å². The molecule has 1 rings (SSSR count). The molecule has 0 aliphatic heterocycles. The first-order valence-electron chi connectivity index (χ1n) is 4.71. The van der Waals surface area contributed by atoms with Crippen molar-refractivity contribution in [3.63, 3.8) is 0 Å². The van der Waals surface area contributed by atoms with Crippen molar-refractivity contribution < 1.29 is 9.13 Å². The number of methoxy groups -OCH3 is 1. The molecule has 0 spiro atoms. The first kappa shape index (κ1) is 11.0. The molecule has 2 heteroatoms. The number of hydrogen-bond donors (Lipinski definition) is 0. The Balaban J connectivity index is 3.29. The van der Waals surface area contributed by atoms with Gasteiger partial charge < -0.3 is 4.74 Å². The zero-order valence-corrected chi connectivity index (χ0v) is 9.44. The third-order valence-corrected chi connectivity index (χ3v) is 2.31. The van der Waals surface area contributed by atoms with Crippen LogP contribution in [0.4, 0.5) is 4.39 Å². The normalized spacial score (nSPS) is 11.6. The smallest absolute Gasteiger partial charge is 0.165 e. The summed E-state index contributed by atoms with van der Waals surface area (Å²) in [6, 6.07) is 3.31. The summed E-state index contributed by atoms with van der Waals surface area (Å²) in [5.41, 5.74) is 2.06. The molecule has 1 nitrogen and oxygen atoms in total. The molecule has 0 aliphatic rings. The van der Waals surface area contributed by atoms with Crippen molar-refractivity contribution in [2.45, 2.75) is 33.1 Å². The molecule has 0 heterocycles. The van der Waals surface area contributed by atoms with E-state index in [1.165, 1.54) is 7.11 Å². The minimum Gasteiger partial charge on any atom is -0.494 e. The summed E-state index contributed by atoms with van der Waals surface area (Å²) in [7, 11) is 1.48. The second kappa shape index (κ2) is 3.60. The van der Waals surface area contributed by atoms with Gasteiger partial charge in [-0.15, -0.1) is 0 Å². The summed E-state index contributed by atoms with van der Waals surface area (Å²) in [6.45, 7) is 8.19. The molecule has 0 saturated heterocycles. The Labute approximate surface area is 84.9 Å². The predicted octanol–water partition coefficient (Wildman–Crippen LogP) is 3.44. The van der Waals surface area contributed by atoms with Crippen molar-refractivity contribution in [3.8, 4) is 5.75 Å². The monoisotopic (exact) mass is 196 g/mol. The van der Waals surface area contributed by atoms with Crippen LogP contribution in [-0.4, -0.2) is 7.11 Å². The van der Waals surface area contributed by atoms with Gasteiger partial charge in [0.2, 0.25) is 0 Å². The summed E-state index contributed by atoms with van der Waals surface area (Å²) in [6.07, 6.45) is 0. The van der Waals surface area contributed by atoms with E-state index in [2.05, 4.69) is 20.8 Å². The van der Waals surface area contributed by atoms with Crippen molar-refractivity contribution in [1.29, 1.82) is 0 Å². The highest BCUT2D eigenvalue weighted by Crippen LogP contribution is 2.30. The van der Waals surface area contributed by atoms with Crippen LogP contribution in [0.25, 0.3) is 0 Å². The average molecular weight is 196 g/mol. The van der Waals surface area contributed by atoms with E-state index in [1.54, 1.807) is 12.1 Å². The molecule has 1 aromatic rings. The largest absolute Gasteiger partial charge is 0.494 e. The number of ether oxygens (including phenoxy) is 1. The fraction of sp³-hybridized carbons (Fsp3) is 0.500. The quantitative estimate of drug-likeness (QED) is 0.668. The molecule has 0 saturated carbocycles. The van der Waals surface area contributed by atoms with Crippen LogP contribution < -0.4 is 4.74 Å². The predicted molar refractivity (Wildman–Crippen MR) is 56.4 cm³/mol. The van der Waals surface area contributed by atoms with Crippen LogP contribution in [0.2, 0.25) is 0 Å². The molecule has 0 unspecified atom stereocenters. The van der Waals surface area contributed by atoms with Gasteiger partial charge in [0.15, 0.2) is 11.6 Å². The van der Waals surface area contributed by atoms with Crippen molar-refractivity contribution in [3.05, 3.63) is 29.1 Å². The Hall–Kier alpha value is -1.05. The molecular weight excluding hydrogens is 179 g/mol. The van der Waals surface area contributed by atoms with Crippen LogP contribution in [0, 0.1) is 12.7 Å². The molecule has 0 radical (unpaired) electrons. The highest BCUT2D eigenvalue weighted by molar-refractivity contribution is 5.39. The number of benzene rings is 1. The van der Waals surface area contributed by atoms with Gasteiger partial charge >= 0.3 is 0 Å². The Kier molecular flexibility index (Phi) is 2.84. The van der Waals surface area contributed by atoms with Gasteiger partial charge in [0.25, 0.3) is 0 Å². The standard InChI is InChI=1S/C12H17FO/c1-8-6-11(14-5)10(13)7-9(8)12(2,3)4/h6-7H,1-5H3. The van der Waals surface area contributed by atoms with E-state index >= 15 is 0 Å². The van der Waals surface area contributed by atoms with Gasteiger partial charge in [-0.25, -0.2) is 4.39 Å². The van der Waals surface area contributed by atoms with Gasteiger partial charge in [0.05, 0.1) is 7.11 Å². The lowest BCUT2D eigenvalue weighted by Gasteiger charge is -2.22. The fourth-order valence-corrected chi connectivity index (χ4v) is 1.62. The summed E-state index contributed by atoms with van der Waals surface area (Å²) >= 11 is 0. The molecule has 78 valence electrons. The molecule has 0 fully saturated rings. The lowest BCUT2D eigenvalue weighted by molar-refractivity contribution is 0.384. The molecule has 0 atom stereocenters. The summed E-state index contributed by atoms with van der Waals surface area (Å²) in [4.78, 5) is 0. The van der Waals surface area contributed by atoms with E-state index in [-0.39, 0.29) is 11.2 Å². The van der Waals surface area contributed by atoms with Crippen molar-refractivity contribution in [1.82, 2.24) is 0 Å². The topological polar surface area (TPSA) is 9.23 Å². The SMILES string of the molecule is COc1cc(C)c(C(C)(C)C)cc1F. The van der Waals surface area contributed by atoms with Gasteiger partial charge in [0, 0.05) is 0 Å². The molecule has 0 bridgehead atoms. The minimum atomic E-state index is -0.289. The maximum atomic E-state index is 13.4. The van der Waals surface area contributed by atoms with Gasteiger partial charge in [0.1, 0.15) is 0 Å². The van der Waals surface area contributed by atoms with Crippen LogP contribution in [0.3, 0.4) is 0 Å². The Morgan fingerprint density at radius 1 is 1.21 bits per heavy atom. The second-order valence-corrected chi connectivity index (χ2v) is 4.55. The van der Waals surface area contributed by atoms with E-state index in [0.29, 0.717) is 5.75 Å². The molecule has 0 aliphatic carbocycles. The van der Waals surface area contributed by atoms with E-state index in [4.69, 9.17) is 4.74 Å². The van der Waals surface area contributed by atoms with E-state index in [1.807, 2.05) is 6.92 Å². The summed E-state index contributed by atoms with van der Waals surface area (Å²) in [5, 5.41) is 0. The molecule has 0 aromatic heterocycles. The van der Waals surface area contributed by atoms with Crippen LogP contribution in [0.1, 0.15) is 31.9 Å². The Morgan fingerprint density at radius 3 is 2.21 bits per heavy atom. The zero-order valence-electron chi connectivity index (χ0n) is 9.44. The van der Waals surface area contributed by atoms with Crippen molar-refractivity contribution in [2.24, 2.45) is 0 Å². The third kappa shape index (κ3) is 2.06. The van der Waals surface area contributed by atoms with E-state index in [9.17, 15) is 4.39 Å². The minimum absolute atomic E-state index is 0.0306. The fourth-order valence-electron chi connectivity index (χ4n) is 1.62. The Morgan fingerprint density at radius 2 is 1.79 bits per heavy atom. The summed E-state index contributed by atoms with van der Waals surface area (Å²) in [5.74, 6) is 0.0264. The lowest BCUT2D eigenvalue weighted by atomic mass is 9.84. The highest BCUT2D eigenvalue weighted by atomic mass is 19.1. The van der Waals surface area contributed by atoms with E-state index < -0.39 is 0 Å². The van der Waals surface area contributed by atoms with Gasteiger partial charge in [-0.1, -0.05) is 20.8 Å². The first-order chi connectivity index (χ1) is 6.36. The van der Waals surface area contributed by atoms with Crippen LogP contribution in [0.5, 0.6) is 5.75 Å². The van der Waals surface area contributed by atoms with Crippen LogP contribution in [0.15, 0.2) is 12.1 Å². The van der Waals surface area contributed by atoms with Gasteiger partial charge in [-0.3, -0.25) is 0 Å². The molecular formula is C12H17FO. The second-order valence-electron chi connectivity index (χ2n) is 4.55. The molecule has 1 aromatic carbocycles. The highest BCUT2D eigenvalue weighted by Gasteiger charge is 2.18. The maximum Gasteiger partial charge on any atom is 0.165 e. The van der Waals surface area contributed by atoms with Crippen LogP contribution in [-0.2, 0) is 5.41 Å². The maximum absolute atomic E-state index is 13.4. The molecule has 0 amide bonds. The first-order valence-corrected chi connectivity index (χ1v) is 4.71. The summed E-state index contributed by atoms with van der Waals surface area (Å²) < 4.78 is 18.4. The van der Waals surface area contributed by atoms with Gasteiger partial charge in [-0.05, 0) is 35.6 Å². The van der Waals surface area contributed by atoms with Gasteiger partial charge in [-0.2, -0.15) is 0 Å². The average Bonchev–Trinajstić information content (AvgIpc) is 2.06. The van der Waals surface area contributed by atoms with Crippen LogP contribution >= 0.6 is 0 Å². The third-order valence-electron chi connectivity index (χ3n) is 2.31. The Bertz CT molecular complexity index is 337. The number of halogens is 1. The molecule has 0 N–H and O–H groups in total. The van der Waals surface area contributed by atoms with Crippen molar-refractivity contribution in [2.75, 3.05) is 7.11 Å². The molecule has 14 heavy (non-hydrogen) atoms. The lowest BCUT2D eigenvalue weighted by Crippen LogP contribution is -2.13. The zero-order chi connectivity index (χ0) is 10.9. The number of aryl methyl sites for hydroxylation is 1. The van der Waals surface area contributed by atoms with Crippen molar-refractivity contribution >= 4 is 0 Å².